The average Bonchev–Trinajstić information content (AvgIpc) is 2.91. The Morgan fingerprint density at radius 2 is 1.85 bits per heavy atom. The van der Waals surface area contributed by atoms with Crippen LogP contribution in [0.15, 0.2) is 36.4 Å². The minimum atomic E-state index is -0.285. The van der Waals surface area contributed by atoms with Gasteiger partial charge in [0.1, 0.15) is 5.75 Å². The Kier molecular flexibility index (Phi) is 5.18. The first-order valence-corrected chi connectivity index (χ1v) is 9.59. The summed E-state index contributed by atoms with van der Waals surface area (Å²) < 4.78 is 11.0. The molecule has 0 aliphatic carbocycles. The van der Waals surface area contributed by atoms with E-state index < -0.39 is 0 Å². The Morgan fingerprint density at radius 3 is 2.44 bits per heavy atom. The lowest BCUT2D eigenvalue weighted by molar-refractivity contribution is 0.0526. The fraction of sp³-hybridized carbons (Fsp3) is 0.435. The summed E-state index contributed by atoms with van der Waals surface area (Å²) >= 11 is 0. The third-order valence-corrected chi connectivity index (χ3v) is 5.02. The molecular formula is C23H29NO3. The molecule has 0 amide bonds. The van der Waals surface area contributed by atoms with E-state index in [0.29, 0.717) is 18.8 Å². The second-order valence-electron chi connectivity index (χ2n) is 8.04. The van der Waals surface area contributed by atoms with Crippen LogP contribution in [0.4, 0.5) is 11.4 Å². The van der Waals surface area contributed by atoms with E-state index in [1.165, 1.54) is 5.56 Å². The molecule has 4 nitrogen and oxygen atoms in total. The predicted octanol–water partition coefficient (Wildman–Crippen LogP) is 5.39. The molecule has 1 aliphatic heterocycles. The van der Waals surface area contributed by atoms with Gasteiger partial charge in [0, 0.05) is 28.4 Å². The van der Waals surface area contributed by atoms with E-state index in [2.05, 4.69) is 51.7 Å². The number of benzene rings is 2. The summed E-state index contributed by atoms with van der Waals surface area (Å²) in [5.74, 6) is 0.734. The van der Waals surface area contributed by atoms with Gasteiger partial charge in [-0.25, -0.2) is 4.79 Å². The van der Waals surface area contributed by atoms with Crippen molar-refractivity contribution >= 4 is 17.3 Å². The number of nitrogens with zero attached hydrogens (tertiary/aromatic N) is 1. The van der Waals surface area contributed by atoms with Gasteiger partial charge in [0.2, 0.25) is 0 Å². The van der Waals surface area contributed by atoms with Crippen LogP contribution in [0.1, 0.15) is 56.1 Å². The first-order valence-electron chi connectivity index (χ1n) is 9.59. The Balaban J connectivity index is 2.00. The maximum absolute atomic E-state index is 11.9. The summed E-state index contributed by atoms with van der Waals surface area (Å²) in [5, 5.41) is 0. The van der Waals surface area contributed by atoms with E-state index in [0.717, 1.165) is 22.7 Å². The Labute approximate surface area is 162 Å². The molecule has 0 N–H and O–H groups in total. The summed E-state index contributed by atoms with van der Waals surface area (Å²) in [6.07, 6.45) is 0. The van der Waals surface area contributed by atoms with Crippen LogP contribution in [-0.4, -0.2) is 25.2 Å². The summed E-state index contributed by atoms with van der Waals surface area (Å²) in [4.78, 5) is 14.2. The first-order chi connectivity index (χ1) is 12.7. The Hall–Kier alpha value is -2.49. The highest BCUT2D eigenvalue weighted by molar-refractivity contribution is 5.90. The highest BCUT2D eigenvalue weighted by Crippen LogP contribution is 2.44. The molecule has 27 heavy (non-hydrogen) atoms. The lowest BCUT2D eigenvalue weighted by Crippen LogP contribution is -2.26. The molecule has 0 bridgehead atoms. The number of fused-ring (bicyclic) bond motifs is 1. The lowest BCUT2D eigenvalue weighted by Gasteiger charge is -2.31. The quantitative estimate of drug-likeness (QED) is 0.664. The summed E-state index contributed by atoms with van der Waals surface area (Å²) in [5.41, 5.74) is 5.18. The summed E-state index contributed by atoms with van der Waals surface area (Å²) in [6.45, 7) is 13.8. The van der Waals surface area contributed by atoms with Crippen LogP contribution < -0.4 is 9.64 Å². The molecule has 0 saturated carbocycles. The van der Waals surface area contributed by atoms with Gasteiger partial charge in [0.15, 0.2) is 0 Å². The van der Waals surface area contributed by atoms with Crippen molar-refractivity contribution in [2.24, 2.45) is 0 Å². The van der Waals surface area contributed by atoms with E-state index >= 15 is 0 Å². The number of esters is 1. The minimum Gasteiger partial charge on any atom is -0.492 e. The normalized spacial score (nSPS) is 14.6. The van der Waals surface area contributed by atoms with E-state index in [1.807, 2.05) is 31.2 Å². The van der Waals surface area contributed by atoms with Gasteiger partial charge in [-0.3, -0.25) is 0 Å². The van der Waals surface area contributed by atoms with Crippen LogP contribution in [0.5, 0.6) is 5.75 Å². The standard InChI is InChI=1S/C23H29NO3/c1-7-26-22(25)17-8-10-18(11-9-17)24(15(2)3)19-12-16(4)21-20(13-19)23(5,6)14-27-21/h8-13,15H,7,14H2,1-6H3. The number of aryl methyl sites for hydroxylation is 1. The van der Waals surface area contributed by atoms with Gasteiger partial charge >= 0.3 is 5.97 Å². The second-order valence-corrected chi connectivity index (χ2v) is 8.04. The van der Waals surface area contributed by atoms with Gasteiger partial charge in [-0.2, -0.15) is 0 Å². The zero-order valence-electron chi connectivity index (χ0n) is 17.1. The zero-order chi connectivity index (χ0) is 19.8. The Morgan fingerprint density at radius 1 is 1.19 bits per heavy atom. The van der Waals surface area contributed by atoms with E-state index in [9.17, 15) is 4.79 Å². The van der Waals surface area contributed by atoms with Crippen molar-refractivity contribution < 1.29 is 14.3 Å². The van der Waals surface area contributed by atoms with Gasteiger partial charge < -0.3 is 14.4 Å². The summed E-state index contributed by atoms with van der Waals surface area (Å²) in [6, 6.07) is 12.3. The number of anilines is 2. The molecular weight excluding hydrogens is 338 g/mol. The smallest absolute Gasteiger partial charge is 0.338 e. The highest BCUT2D eigenvalue weighted by atomic mass is 16.5. The number of hydrogen-bond donors (Lipinski definition) is 0. The maximum atomic E-state index is 11.9. The highest BCUT2D eigenvalue weighted by Gasteiger charge is 2.34. The number of ether oxygens (including phenoxy) is 2. The van der Waals surface area contributed by atoms with Crippen molar-refractivity contribution in [2.45, 2.75) is 53.0 Å². The lowest BCUT2D eigenvalue weighted by atomic mass is 9.85. The van der Waals surface area contributed by atoms with Gasteiger partial charge in [-0.15, -0.1) is 0 Å². The van der Waals surface area contributed by atoms with E-state index in [-0.39, 0.29) is 17.4 Å². The second kappa shape index (κ2) is 7.26. The first kappa shape index (κ1) is 19.3. The van der Waals surface area contributed by atoms with Gasteiger partial charge in [-0.05, 0) is 69.7 Å². The molecule has 0 aromatic heterocycles. The van der Waals surface area contributed by atoms with Gasteiger partial charge in [-0.1, -0.05) is 13.8 Å². The van der Waals surface area contributed by atoms with E-state index in [1.54, 1.807) is 0 Å². The number of carbonyl (C=O) groups is 1. The van der Waals surface area contributed by atoms with Crippen LogP contribution in [0.3, 0.4) is 0 Å². The van der Waals surface area contributed by atoms with Crippen LogP contribution >= 0.6 is 0 Å². The molecule has 4 heteroatoms. The molecule has 0 unspecified atom stereocenters. The molecule has 0 fully saturated rings. The molecule has 2 aromatic rings. The van der Waals surface area contributed by atoms with Crippen molar-refractivity contribution in [3.63, 3.8) is 0 Å². The fourth-order valence-corrected chi connectivity index (χ4v) is 3.64. The fourth-order valence-electron chi connectivity index (χ4n) is 3.64. The molecule has 0 saturated heterocycles. The molecule has 0 spiro atoms. The maximum Gasteiger partial charge on any atom is 0.338 e. The monoisotopic (exact) mass is 367 g/mol. The molecule has 3 rings (SSSR count). The number of carbonyl (C=O) groups excluding carboxylic acids is 1. The van der Waals surface area contributed by atoms with Gasteiger partial charge in [0.25, 0.3) is 0 Å². The topological polar surface area (TPSA) is 38.8 Å². The Bertz CT molecular complexity index is 837. The van der Waals surface area contributed by atoms with Crippen molar-refractivity contribution in [3.8, 4) is 5.75 Å². The zero-order valence-corrected chi connectivity index (χ0v) is 17.1. The van der Waals surface area contributed by atoms with Gasteiger partial charge in [0.05, 0.1) is 18.8 Å². The predicted molar refractivity (Wildman–Crippen MR) is 109 cm³/mol. The van der Waals surface area contributed by atoms with Crippen LogP contribution in [-0.2, 0) is 10.2 Å². The van der Waals surface area contributed by atoms with Crippen LogP contribution in [0.25, 0.3) is 0 Å². The molecule has 1 heterocycles. The molecule has 0 atom stereocenters. The molecule has 144 valence electrons. The van der Waals surface area contributed by atoms with Crippen LogP contribution in [0.2, 0.25) is 0 Å². The van der Waals surface area contributed by atoms with Crippen molar-refractivity contribution in [3.05, 3.63) is 53.1 Å². The molecule has 2 aromatic carbocycles. The number of hydrogen-bond acceptors (Lipinski definition) is 4. The van der Waals surface area contributed by atoms with Crippen molar-refractivity contribution in [2.75, 3.05) is 18.1 Å². The molecule has 1 aliphatic rings. The summed E-state index contributed by atoms with van der Waals surface area (Å²) in [7, 11) is 0. The minimum absolute atomic E-state index is 0.00647. The number of rotatable bonds is 5. The van der Waals surface area contributed by atoms with Crippen LogP contribution in [0, 0.1) is 6.92 Å². The average molecular weight is 367 g/mol. The third kappa shape index (κ3) is 3.66. The van der Waals surface area contributed by atoms with Crippen molar-refractivity contribution in [1.82, 2.24) is 0 Å². The van der Waals surface area contributed by atoms with Crippen molar-refractivity contribution in [1.29, 1.82) is 0 Å². The molecule has 0 radical (unpaired) electrons. The third-order valence-electron chi connectivity index (χ3n) is 5.02. The SMILES string of the molecule is CCOC(=O)c1ccc(N(c2cc(C)c3c(c2)C(C)(C)CO3)C(C)C)cc1. The van der Waals surface area contributed by atoms with E-state index in [4.69, 9.17) is 9.47 Å². The largest absolute Gasteiger partial charge is 0.492 e.